The van der Waals surface area contributed by atoms with Gasteiger partial charge in [0.05, 0.1) is 18.4 Å². The van der Waals surface area contributed by atoms with Gasteiger partial charge in [0, 0.05) is 33.7 Å². The first-order chi connectivity index (χ1) is 21.2. The van der Waals surface area contributed by atoms with E-state index in [1.54, 1.807) is 30.3 Å². The Morgan fingerprint density at radius 1 is 0.818 bits per heavy atom. The molecule has 1 N–H and O–H groups in total. The molecule has 0 aromatic heterocycles. The van der Waals surface area contributed by atoms with Gasteiger partial charge in [0.2, 0.25) is 0 Å². The molecule has 7 nitrogen and oxygen atoms in total. The van der Waals surface area contributed by atoms with Crippen molar-refractivity contribution in [1.29, 1.82) is 0 Å². The molecular formula is C36H30ClNO6. The minimum atomic E-state index is -1.04. The van der Waals surface area contributed by atoms with Gasteiger partial charge in [-0.05, 0) is 24.1 Å². The lowest BCUT2D eigenvalue weighted by Gasteiger charge is -2.28. The Morgan fingerprint density at radius 2 is 1.34 bits per heavy atom. The van der Waals surface area contributed by atoms with Crippen molar-refractivity contribution in [2.75, 3.05) is 6.61 Å². The number of hydrogen-bond donors (Lipinski definition) is 1. The molecule has 4 aromatic rings. The fourth-order valence-electron chi connectivity index (χ4n) is 6.26. The molecule has 0 bridgehead atoms. The van der Waals surface area contributed by atoms with Gasteiger partial charge in [0.25, 0.3) is 0 Å². The second-order valence-electron chi connectivity index (χ2n) is 11.3. The van der Waals surface area contributed by atoms with Gasteiger partial charge in [-0.1, -0.05) is 121 Å². The lowest BCUT2D eigenvalue weighted by atomic mass is 9.71. The van der Waals surface area contributed by atoms with Crippen LogP contribution in [0.5, 0.6) is 0 Å². The van der Waals surface area contributed by atoms with Crippen molar-refractivity contribution in [3.63, 3.8) is 0 Å². The number of rotatable bonds is 7. The Hall–Kier alpha value is -4.59. The van der Waals surface area contributed by atoms with Crippen LogP contribution in [0, 0.1) is 5.41 Å². The number of Topliss-reactive ketones (excluding diaryl/α,β-unsaturated/α-hetero) is 2. The average molecular weight is 608 g/mol. The summed E-state index contributed by atoms with van der Waals surface area (Å²) in [7, 11) is 0. The molecule has 0 spiro atoms. The maximum Gasteiger partial charge on any atom is 0.353 e. The Morgan fingerprint density at radius 3 is 1.80 bits per heavy atom. The molecular weight excluding hydrogens is 578 g/mol. The number of aliphatic carboxylic acids is 1. The highest BCUT2D eigenvalue weighted by atomic mass is 35.5. The van der Waals surface area contributed by atoms with E-state index in [1.165, 1.54) is 0 Å². The first-order valence-corrected chi connectivity index (χ1v) is 14.8. The van der Waals surface area contributed by atoms with Gasteiger partial charge in [0.1, 0.15) is 5.60 Å². The van der Waals surface area contributed by atoms with Gasteiger partial charge in [-0.2, -0.15) is 0 Å². The van der Waals surface area contributed by atoms with Crippen LogP contribution in [0.15, 0.2) is 114 Å². The SMILES string of the molecule is CCC1(CC2(c3cccc(Cl)c3)CO2)C(=O)c2ccccc2C1=O.O=C(O)C1=NOC(c2ccccc2)(c2ccccc2)C1. The van der Waals surface area contributed by atoms with E-state index in [9.17, 15) is 14.4 Å². The number of carboxylic acid groups (broad SMARTS) is 1. The maximum absolute atomic E-state index is 13.1. The average Bonchev–Trinajstić information content (AvgIpc) is 3.64. The summed E-state index contributed by atoms with van der Waals surface area (Å²) in [6.45, 7) is 2.40. The summed E-state index contributed by atoms with van der Waals surface area (Å²) in [6, 6.07) is 33.7. The van der Waals surface area contributed by atoms with Crippen LogP contribution >= 0.6 is 11.6 Å². The number of ether oxygens (including phenoxy) is 1. The highest BCUT2D eigenvalue weighted by molar-refractivity contribution is 6.36. The van der Waals surface area contributed by atoms with Crippen molar-refractivity contribution >= 4 is 34.8 Å². The van der Waals surface area contributed by atoms with E-state index in [4.69, 9.17) is 26.3 Å². The largest absolute Gasteiger partial charge is 0.477 e. The maximum atomic E-state index is 13.1. The van der Waals surface area contributed by atoms with Crippen molar-refractivity contribution in [2.45, 2.75) is 37.4 Å². The van der Waals surface area contributed by atoms with Crippen LogP contribution in [0.3, 0.4) is 0 Å². The zero-order chi connectivity index (χ0) is 31.0. The second-order valence-corrected chi connectivity index (χ2v) is 11.7. The van der Waals surface area contributed by atoms with Crippen molar-refractivity contribution < 1.29 is 29.1 Å². The van der Waals surface area contributed by atoms with Crippen LogP contribution in [0.1, 0.15) is 63.6 Å². The molecule has 2 aliphatic heterocycles. The van der Waals surface area contributed by atoms with Crippen LogP contribution in [0.2, 0.25) is 5.02 Å². The van der Waals surface area contributed by atoms with Crippen LogP contribution < -0.4 is 0 Å². The summed E-state index contributed by atoms with van der Waals surface area (Å²) in [6.07, 6.45) is 1.05. The highest BCUT2D eigenvalue weighted by Crippen LogP contribution is 2.53. The Kier molecular flexibility index (Phi) is 7.70. The predicted octanol–water partition coefficient (Wildman–Crippen LogP) is 7.22. The smallest absolute Gasteiger partial charge is 0.353 e. The van der Waals surface area contributed by atoms with Crippen LogP contribution in [0.25, 0.3) is 0 Å². The Balaban J connectivity index is 0.000000159. The van der Waals surface area contributed by atoms with Crippen LogP contribution in [-0.2, 0) is 25.6 Å². The molecule has 1 atom stereocenters. The zero-order valence-corrected chi connectivity index (χ0v) is 24.8. The van der Waals surface area contributed by atoms with E-state index in [0.29, 0.717) is 35.6 Å². The number of ketones is 2. The molecule has 2 heterocycles. The van der Waals surface area contributed by atoms with Gasteiger partial charge in [-0.3, -0.25) is 9.59 Å². The molecule has 7 rings (SSSR count). The monoisotopic (exact) mass is 607 g/mol. The van der Waals surface area contributed by atoms with E-state index in [1.807, 2.05) is 85.8 Å². The van der Waals surface area contributed by atoms with E-state index in [2.05, 4.69) is 5.16 Å². The molecule has 1 saturated heterocycles. The lowest BCUT2D eigenvalue weighted by molar-refractivity contribution is -0.129. The number of carbonyl (C=O) groups is 3. The summed E-state index contributed by atoms with van der Waals surface area (Å²) in [4.78, 5) is 42.9. The topological polar surface area (TPSA) is 106 Å². The van der Waals surface area contributed by atoms with E-state index >= 15 is 0 Å². The third kappa shape index (κ3) is 5.02. The fourth-order valence-corrected chi connectivity index (χ4v) is 6.45. The van der Waals surface area contributed by atoms with Gasteiger partial charge in [-0.15, -0.1) is 0 Å². The van der Waals surface area contributed by atoms with Crippen molar-refractivity contribution in [3.8, 4) is 0 Å². The fraction of sp³-hybridized carbons (Fsp3) is 0.222. The van der Waals surface area contributed by atoms with Crippen LogP contribution in [-0.4, -0.2) is 35.0 Å². The summed E-state index contributed by atoms with van der Waals surface area (Å²) in [5, 5.41) is 13.5. The van der Waals surface area contributed by atoms with Crippen molar-refractivity contribution in [3.05, 3.63) is 142 Å². The molecule has 1 fully saturated rings. The predicted molar refractivity (Wildman–Crippen MR) is 166 cm³/mol. The van der Waals surface area contributed by atoms with Crippen LogP contribution in [0.4, 0.5) is 0 Å². The molecule has 0 amide bonds. The summed E-state index contributed by atoms with van der Waals surface area (Å²) >= 11 is 6.10. The molecule has 4 aromatic carbocycles. The molecule has 44 heavy (non-hydrogen) atoms. The van der Waals surface area contributed by atoms with Gasteiger partial charge in [-0.25, -0.2) is 4.79 Å². The number of halogens is 1. The molecule has 1 aliphatic carbocycles. The Labute approximate surface area is 260 Å². The first kappa shape index (κ1) is 29.5. The molecule has 1 unspecified atom stereocenters. The normalized spacial score (nSPS) is 20.5. The molecule has 0 radical (unpaired) electrons. The van der Waals surface area contributed by atoms with Gasteiger partial charge in [0.15, 0.2) is 22.9 Å². The Bertz CT molecular complexity index is 1690. The first-order valence-electron chi connectivity index (χ1n) is 14.4. The molecule has 8 heteroatoms. The number of carboxylic acids is 1. The molecule has 222 valence electrons. The van der Waals surface area contributed by atoms with Gasteiger partial charge < -0.3 is 14.7 Å². The number of benzene rings is 4. The number of nitrogens with zero attached hydrogens (tertiary/aromatic N) is 1. The summed E-state index contributed by atoms with van der Waals surface area (Å²) in [5.74, 6) is -1.20. The quantitative estimate of drug-likeness (QED) is 0.176. The lowest BCUT2D eigenvalue weighted by Crippen LogP contribution is -2.37. The van der Waals surface area contributed by atoms with E-state index in [-0.39, 0.29) is 23.7 Å². The third-order valence-corrected chi connectivity index (χ3v) is 9.01. The number of hydrogen-bond acceptors (Lipinski definition) is 6. The number of carbonyl (C=O) groups excluding carboxylic acids is 2. The van der Waals surface area contributed by atoms with E-state index < -0.39 is 22.6 Å². The summed E-state index contributed by atoms with van der Waals surface area (Å²) < 4.78 is 5.76. The number of epoxide rings is 1. The van der Waals surface area contributed by atoms with E-state index in [0.717, 1.165) is 16.7 Å². The molecule has 3 aliphatic rings. The number of oxime groups is 1. The standard InChI is InChI=1S/C20H17ClO3.C16H13NO3/c1-2-19(17(22)15-8-3-4-9-16(15)18(19)23)11-20(12-24-20)13-6-5-7-14(21)10-13;18-15(19)14-11-16(20-17-14,12-7-3-1-4-8-12)13-9-5-2-6-10-13/h3-10H,2,11-12H2,1H3;1-10H,11H2,(H,18,19). The highest BCUT2D eigenvalue weighted by Gasteiger charge is 2.60. The van der Waals surface area contributed by atoms with Crippen molar-refractivity contribution in [2.24, 2.45) is 10.6 Å². The second kappa shape index (κ2) is 11.5. The number of fused-ring (bicyclic) bond motifs is 1. The van der Waals surface area contributed by atoms with Crippen molar-refractivity contribution in [1.82, 2.24) is 0 Å². The van der Waals surface area contributed by atoms with Gasteiger partial charge >= 0.3 is 5.97 Å². The summed E-state index contributed by atoms with van der Waals surface area (Å²) in [5.41, 5.74) is 1.35. The zero-order valence-electron chi connectivity index (χ0n) is 24.0. The minimum absolute atomic E-state index is 0.0395. The minimum Gasteiger partial charge on any atom is -0.477 e. The third-order valence-electron chi connectivity index (χ3n) is 8.78. The molecule has 0 saturated carbocycles.